The summed E-state index contributed by atoms with van der Waals surface area (Å²) in [6.45, 7) is 0. The molecule has 1 aromatic heterocycles. The Bertz CT molecular complexity index is 482. The number of phenolic OH excluding ortho intramolecular Hbond substituents is 1. The fourth-order valence-corrected chi connectivity index (χ4v) is 2.43. The van der Waals surface area contributed by atoms with E-state index in [0.29, 0.717) is 11.6 Å². The van der Waals surface area contributed by atoms with Crippen molar-refractivity contribution in [3.05, 3.63) is 29.1 Å². The Labute approximate surface area is 97.0 Å². The van der Waals surface area contributed by atoms with Gasteiger partial charge in [0.2, 0.25) is 0 Å². The molecule has 0 amide bonds. The van der Waals surface area contributed by atoms with Crippen LogP contribution in [0.4, 0.5) is 5.82 Å². The maximum absolute atomic E-state index is 9.34. The molecular formula is C10H10N2OS2. The lowest BCUT2D eigenvalue weighted by Crippen LogP contribution is -1.87. The Morgan fingerprint density at radius 3 is 2.87 bits per heavy atom. The Morgan fingerprint density at radius 1 is 1.47 bits per heavy atom. The number of phenols is 1. The third kappa shape index (κ3) is 2.08. The third-order valence-corrected chi connectivity index (χ3v) is 3.61. The minimum Gasteiger partial charge on any atom is -0.508 e. The summed E-state index contributed by atoms with van der Waals surface area (Å²) in [5, 5.41) is 10.2. The number of anilines is 1. The van der Waals surface area contributed by atoms with Gasteiger partial charge >= 0.3 is 0 Å². The molecule has 5 heteroatoms. The first kappa shape index (κ1) is 10.3. The molecule has 0 radical (unpaired) electrons. The number of nitrogens with two attached hydrogens (primary N) is 1. The zero-order valence-electron chi connectivity index (χ0n) is 7.84. The number of thiol groups is 1. The van der Waals surface area contributed by atoms with Crippen molar-refractivity contribution in [3.63, 3.8) is 0 Å². The van der Waals surface area contributed by atoms with Crippen LogP contribution in [-0.2, 0) is 5.75 Å². The predicted molar refractivity (Wildman–Crippen MR) is 66.3 cm³/mol. The zero-order valence-corrected chi connectivity index (χ0v) is 9.55. The Kier molecular flexibility index (Phi) is 2.83. The van der Waals surface area contributed by atoms with Crippen LogP contribution in [0.3, 0.4) is 0 Å². The van der Waals surface area contributed by atoms with Crippen molar-refractivity contribution in [1.82, 2.24) is 4.98 Å². The van der Waals surface area contributed by atoms with Crippen LogP contribution < -0.4 is 5.73 Å². The van der Waals surface area contributed by atoms with E-state index in [4.69, 9.17) is 5.73 Å². The van der Waals surface area contributed by atoms with Gasteiger partial charge in [0.05, 0.1) is 4.88 Å². The first-order chi connectivity index (χ1) is 7.20. The second-order valence-electron chi connectivity index (χ2n) is 3.04. The monoisotopic (exact) mass is 238 g/mol. The number of benzene rings is 1. The molecule has 2 rings (SSSR count). The zero-order chi connectivity index (χ0) is 10.8. The molecule has 15 heavy (non-hydrogen) atoms. The van der Waals surface area contributed by atoms with Crippen molar-refractivity contribution < 1.29 is 5.11 Å². The normalized spacial score (nSPS) is 10.5. The Hall–Kier alpha value is -1.20. The van der Waals surface area contributed by atoms with Crippen molar-refractivity contribution in [2.45, 2.75) is 5.75 Å². The minimum atomic E-state index is 0.230. The summed E-state index contributed by atoms with van der Waals surface area (Å²) in [5.41, 5.74) is 6.59. The standard InChI is InChI=1S/C10H10N2OS2/c11-9-8(5-14)15-10(12-9)6-2-1-3-7(13)4-6/h1-4,13-14H,5,11H2. The van der Waals surface area contributed by atoms with Gasteiger partial charge in [0.1, 0.15) is 16.6 Å². The van der Waals surface area contributed by atoms with Crippen molar-refractivity contribution in [2.75, 3.05) is 5.73 Å². The largest absolute Gasteiger partial charge is 0.508 e. The Morgan fingerprint density at radius 2 is 2.27 bits per heavy atom. The molecule has 0 saturated carbocycles. The summed E-state index contributed by atoms with van der Waals surface area (Å²) in [6.07, 6.45) is 0. The fourth-order valence-electron chi connectivity index (χ4n) is 1.24. The summed E-state index contributed by atoms with van der Waals surface area (Å²) < 4.78 is 0. The van der Waals surface area contributed by atoms with Gasteiger partial charge in [-0.25, -0.2) is 4.98 Å². The van der Waals surface area contributed by atoms with Gasteiger partial charge in [-0.1, -0.05) is 12.1 Å². The molecule has 0 spiro atoms. The predicted octanol–water partition coefficient (Wildman–Crippen LogP) is 2.53. The molecule has 0 unspecified atom stereocenters. The van der Waals surface area contributed by atoms with E-state index >= 15 is 0 Å². The second kappa shape index (κ2) is 4.12. The molecule has 0 aliphatic rings. The third-order valence-electron chi connectivity index (χ3n) is 1.96. The van der Waals surface area contributed by atoms with Crippen molar-refractivity contribution in [3.8, 4) is 16.3 Å². The highest BCUT2D eigenvalue weighted by atomic mass is 32.1. The maximum Gasteiger partial charge on any atom is 0.139 e. The highest BCUT2D eigenvalue weighted by Crippen LogP contribution is 2.31. The van der Waals surface area contributed by atoms with E-state index in [1.807, 2.05) is 6.07 Å². The maximum atomic E-state index is 9.34. The number of thiazole rings is 1. The molecule has 2 aromatic rings. The van der Waals surface area contributed by atoms with Crippen LogP contribution in [0.25, 0.3) is 10.6 Å². The number of aromatic nitrogens is 1. The van der Waals surface area contributed by atoms with Crippen LogP contribution in [-0.4, -0.2) is 10.1 Å². The molecule has 1 heterocycles. The quantitative estimate of drug-likeness (QED) is 0.705. The lowest BCUT2D eigenvalue weighted by Gasteiger charge is -1.95. The van der Waals surface area contributed by atoms with Gasteiger partial charge in [-0.05, 0) is 12.1 Å². The molecular weight excluding hydrogens is 228 g/mol. The highest BCUT2D eigenvalue weighted by molar-refractivity contribution is 7.79. The van der Waals surface area contributed by atoms with Crippen LogP contribution in [0.2, 0.25) is 0 Å². The van der Waals surface area contributed by atoms with E-state index in [2.05, 4.69) is 17.6 Å². The number of hydrogen-bond acceptors (Lipinski definition) is 5. The molecule has 0 atom stereocenters. The van der Waals surface area contributed by atoms with Crippen LogP contribution in [0, 0.1) is 0 Å². The minimum absolute atomic E-state index is 0.230. The number of aromatic hydroxyl groups is 1. The van der Waals surface area contributed by atoms with E-state index < -0.39 is 0 Å². The first-order valence-electron chi connectivity index (χ1n) is 4.36. The average molecular weight is 238 g/mol. The molecule has 0 fully saturated rings. The summed E-state index contributed by atoms with van der Waals surface area (Å²) in [6, 6.07) is 6.96. The van der Waals surface area contributed by atoms with Crippen molar-refractivity contribution in [1.29, 1.82) is 0 Å². The average Bonchev–Trinajstić information content (AvgIpc) is 2.60. The lowest BCUT2D eigenvalue weighted by molar-refractivity contribution is 0.475. The topological polar surface area (TPSA) is 59.1 Å². The van der Waals surface area contributed by atoms with Crippen LogP contribution in [0.5, 0.6) is 5.75 Å². The first-order valence-corrected chi connectivity index (χ1v) is 5.81. The summed E-state index contributed by atoms with van der Waals surface area (Å²) in [5.74, 6) is 1.34. The molecule has 78 valence electrons. The van der Waals surface area contributed by atoms with E-state index in [1.54, 1.807) is 18.2 Å². The summed E-state index contributed by atoms with van der Waals surface area (Å²) in [4.78, 5) is 5.18. The highest BCUT2D eigenvalue weighted by Gasteiger charge is 2.08. The fraction of sp³-hybridized carbons (Fsp3) is 0.100. The van der Waals surface area contributed by atoms with Crippen LogP contribution in [0.15, 0.2) is 24.3 Å². The summed E-state index contributed by atoms with van der Waals surface area (Å²) >= 11 is 5.66. The second-order valence-corrected chi connectivity index (χ2v) is 4.44. The molecule has 3 nitrogen and oxygen atoms in total. The molecule has 0 aliphatic heterocycles. The van der Waals surface area contributed by atoms with Crippen LogP contribution in [0.1, 0.15) is 4.88 Å². The van der Waals surface area contributed by atoms with Gasteiger partial charge < -0.3 is 10.8 Å². The Balaban J connectivity index is 2.45. The molecule has 1 aromatic carbocycles. The molecule has 0 bridgehead atoms. The van der Waals surface area contributed by atoms with Crippen molar-refractivity contribution >= 4 is 29.8 Å². The lowest BCUT2D eigenvalue weighted by atomic mass is 10.2. The van der Waals surface area contributed by atoms with E-state index in [1.165, 1.54) is 11.3 Å². The van der Waals surface area contributed by atoms with Gasteiger partial charge in [-0.3, -0.25) is 0 Å². The molecule has 0 aliphatic carbocycles. The SMILES string of the molecule is Nc1nc(-c2cccc(O)c2)sc1CS. The van der Waals surface area contributed by atoms with E-state index in [9.17, 15) is 5.11 Å². The smallest absolute Gasteiger partial charge is 0.139 e. The number of hydrogen-bond donors (Lipinski definition) is 3. The molecule has 3 N–H and O–H groups in total. The summed E-state index contributed by atoms with van der Waals surface area (Å²) in [7, 11) is 0. The van der Waals surface area contributed by atoms with E-state index in [0.717, 1.165) is 15.4 Å². The van der Waals surface area contributed by atoms with Crippen molar-refractivity contribution in [2.24, 2.45) is 0 Å². The van der Waals surface area contributed by atoms with Crippen LogP contribution >= 0.6 is 24.0 Å². The number of rotatable bonds is 2. The number of nitrogen functional groups attached to an aromatic ring is 1. The molecule has 0 saturated heterocycles. The van der Waals surface area contributed by atoms with Gasteiger partial charge in [0, 0.05) is 11.3 Å². The van der Waals surface area contributed by atoms with Gasteiger partial charge in [-0.2, -0.15) is 12.6 Å². The van der Waals surface area contributed by atoms with Gasteiger partial charge in [0.25, 0.3) is 0 Å². The van der Waals surface area contributed by atoms with Gasteiger partial charge in [-0.15, -0.1) is 11.3 Å². The van der Waals surface area contributed by atoms with Gasteiger partial charge in [0.15, 0.2) is 0 Å². The number of nitrogens with zero attached hydrogens (tertiary/aromatic N) is 1. The van der Waals surface area contributed by atoms with E-state index in [-0.39, 0.29) is 5.75 Å².